The zero-order valence-corrected chi connectivity index (χ0v) is 11.3. The quantitative estimate of drug-likeness (QED) is 0.884. The van der Waals surface area contributed by atoms with Crippen LogP contribution < -0.4 is 5.32 Å². The summed E-state index contributed by atoms with van der Waals surface area (Å²) in [7, 11) is 1.69. The molecule has 106 valence electrons. The van der Waals surface area contributed by atoms with Crippen LogP contribution in [0.1, 0.15) is 25.8 Å². The summed E-state index contributed by atoms with van der Waals surface area (Å²) < 4.78 is 31.7. The van der Waals surface area contributed by atoms with Crippen LogP contribution in [0.5, 0.6) is 5.75 Å². The third kappa shape index (κ3) is 2.58. The monoisotopic (exact) mass is 271 g/mol. The van der Waals surface area contributed by atoms with Crippen molar-refractivity contribution in [3.05, 3.63) is 29.3 Å². The molecular formula is C14H19F2NO2. The summed E-state index contributed by atoms with van der Waals surface area (Å²) in [6.45, 7) is 4.55. The molecule has 19 heavy (non-hydrogen) atoms. The fourth-order valence-corrected chi connectivity index (χ4v) is 2.59. The molecule has 0 heterocycles. The van der Waals surface area contributed by atoms with Gasteiger partial charge in [0.1, 0.15) is 0 Å². The van der Waals surface area contributed by atoms with Gasteiger partial charge in [-0.1, -0.05) is 13.8 Å². The van der Waals surface area contributed by atoms with Gasteiger partial charge >= 0.3 is 0 Å². The summed E-state index contributed by atoms with van der Waals surface area (Å²) in [6, 6.07) is 2.54. The van der Waals surface area contributed by atoms with Crippen LogP contribution in [0.3, 0.4) is 0 Å². The number of hydrogen-bond donors (Lipinski definition) is 2. The Morgan fingerprint density at radius 1 is 1.37 bits per heavy atom. The van der Waals surface area contributed by atoms with E-state index in [1.807, 2.05) is 0 Å². The Kier molecular flexibility index (Phi) is 3.78. The highest BCUT2D eigenvalue weighted by Crippen LogP contribution is 2.42. The Balaban J connectivity index is 1.97. The topological polar surface area (TPSA) is 41.5 Å². The van der Waals surface area contributed by atoms with Crippen molar-refractivity contribution in [2.45, 2.75) is 39.0 Å². The average Bonchev–Trinajstić information content (AvgIpc) is 2.34. The smallest absolute Gasteiger partial charge is 0.187 e. The molecular weight excluding hydrogens is 252 g/mol. The number of phenols is 1. The van der Waals surface area contributed by atoms with Crippen molar-refractivity contribution in [3.8, 4) is 5.75 Å². The molecule has 2 N–H and O–H groups in total. The lowest BCUT2D eigenvalue weighted by Crippen LogP contribution is -2.60. The number of ether oxygens (including phenoxy) is 1. The van der Waals surface area contributed by atoms with E-state index in [9.17, 15) is 8.78 Å². The lowest BCUT2D eigenvalue weighted by Gasteiger charge is -2.51. The van der Waals surface area contributed by atoms with Crippen LogP contribution in [0.15, 0.2) is 12.1 Å². The molecule has 0 bridgehead atoms. The first-order valence-electron chi connectivity index (χ1n) is 6.29. The molecule has 1 saturated carbocycles. The predicted octanol–water partition coefficient (Wildman–Crippen LogP) is 2.57. The Bertz CT molecular complexity index is 454. The van der Waals surface area contributed by atoms with E-state index in [0.29, 0.717) is 12.1 Å². The molecule has 2 unspecified atom stereocenters. The van der Waals surface area contributed by atoms with Gasteiger partial charge in [-0.25, -0.2) is 8.78 Å². The second kappa shape index (κ2) is 5.06. The SMILES string of the molecule is COC1CC(NCc2cc(F)c(O)c(F)c2)C1(C)C. The molecule has 0 radical (unpaired) electrons. The van der Waals surface area contributed by atoms with Gasteiger partial charge in [0.15, 0.2) is 17.4 Å². The van der Waals surface area contributed by atoms with Gasteiger partial charge in [0.2, 0.25) is 0 Å². The van der Waals surface area contributed by atoms with Crippen LogP contribution >= 0.6 is 0 Å². The van der Waals surface area contributed by atoms with Gasteiger partial charge in [0.25, 0.3) is 0 Å². The standard InChI is InChI=1S/C14H19F2NO2/c1-14(2)11(6-12(14)19-3)17-7-8-4-9(15)13(18)10(16)5-8/h4-5,11-12,17-18H,6-7H2,1-3H3. The van der Waals surface area contributed by atoms with Crippen molar-refractivity contribution >= 4 is 0 Å². The van der Waals surface area contributed by atoms with Gasteiger partial charge in [0, 0.05) is 25.1 Å². The first-order chi connectivity index (χ1) is 8.86. The molecule has 3 nitrogen and oxygen atoms in total. The summed E-state index contributed by atoms with van der Waals surface area (Å²) in [4.78, 5) is 0. The zero-order chi connectivity index (χ0) is 14.2. The first kappa shape index (κ1) is 14.2. The molecule has 1 aromatic carbocycles. The molecule has 0 aromatic heterocycles. The van der Waals surface area contributed by atoms with E-state index in [1.54, 1.807) is 7.11 Å². The normalized spacial score (nSPS) is 25.1. The van der Waals surface area contributed by atoms with Crippen LogP contribution in [-0.4, -0.2) is 24.4 Å². The van der Waals surface area contributed by atoms with E-state index in [-0.39, 0.29) is 17.6 Å². The molecule has 1 aromatic rings. The van der Waals surface area contributed by atoms with E-state index in [1.165, 1.54) is 0 Å². The van der Waals surface area contributed by atoms with E-state index < -0.39 is 17.4 Å². The molecule has 0 spiro atoms. The maximum Gasteiger partial charge on any atom is 0.187 e. The van der Waals surface area contributed by atoms with Gasteiger partial charge in [0.05, 0.1) is 6.10 Å². The maximum absolute atomic E-state index is 13.2. The zero-order valence-electron chi connectivity index (χ0n) is 11.3. The van der Waals surface area contributed by atoms with E-state index in [0.717, 1.165) is 18.6 Å². The molecule has 1 fully saturated rings. The van der Waals surface area contributed by atoms with Crippen molar-refractivity contribution in [2.75, 3.05) is 7.11 Å². The summed E-state index contributed by atoms with van der Waals surface area (Å²) in [5, 5.41) is 12.3. The third-order valence-electron chi connectivity index (χ3n) is 4.09. The molecule has 2 rings (SSSR count). The van der Waals surface area contributed by atoms with Crippen LogP contribution in [0, 0.1) is 17.0 Å². The summed E-state index contributed by atoms with van der Waals surface area (Å²) in [6.07, 6.45) is 1.09. The summed E-state index contributed by atoms with van der Waals surface area (Å²) in [5.41, 5.74) is 0.479. The summed E-state index contributed by atoms with van der Waals surface area (Å²) in [5.74, 6) is -2.79. The second-order valence-corrected chi connectivity index (χ2v) is 5.62. The van der Waals surface area contributed by atoms with Gasteiger partial charge in [-0.05, 0) is 24.1 Å². The molecule has 1 aliphatic carbocycles. The number of hydrogen-bond acceptors (Lipinski definition) is 3. The van der Waals surface area contributed by atoms with Crippen molar-refractivity contribution in [1.29, 1.82) is 0 Å². The molecule has 0 aliphatic heterocycles. The van der Waals surface area contributed by atoms with Crippen LogP contribution in [-0.2, 0) is 11.3 Å². The molecule has 2 atom stereocenters. The van der Waals surface area contributed by atoms with Crippen LogP contribution in [0.4, 0.5) is 8.78 Å². The van der Waals surface area contributed by atoms with Crippen LogP contribution in [0.25, 0.3) is 0 Å². The lowest BCUT2D eigenvalue weighted by molar-refractivity contribution is -0.0979. The summed E-state index contributed by atoms with van der Waals surface area (Å²) >= 11 is 0. The van der Waals surface area contributed by atoms with Gasteiger partial charge in [-0.3, -0.25) is 0 Å². The minimum Gasteiger partial charge on any atom is -0.503 e. The Labute approximate surface area is 111 Å². The average molecular weight is 271 g/mol. The minimum absolute atomic E-state index is 0.00274. The maximum atomic E-state index is 13.2. The molecule has 0 saturated heterocycles. The van der Waals surface area contributed by atoms with Gasteiger partial charge in [-0.15, -0.1) is 0 Å². The first-order valence-corrected chi connectivity index (χ1v) is 6.29. The second-order valence-electron chi connectivity index (χ2n) is 5.62. The number of rotatable bonds is 4. The third-order valence-corrected chi connectivity index (χ3v) is 4.09. The fraction of sp³-hybridized carbons (Fsp3) is 0.571. The van der Waals surface area contributed by atoms with E-state index >= 15 is 0 Å². The Morgan fingerprint density at radius 2 is 1.95 bits per heavy atom. The molecule has 5 heteroatoms. The number of methoxy groups -OCH3 is 1. The largest absolute Gasteiger partial charge is 0.503 e. The van der Waals surface area contributed by atoms with Crippen molar-refractivity contribution < 1.29 is 18.6 Å². The van der Waals surface area contributed by atoms with E-state index in [4.69, 9.17) is 9.84 Å². The highest BCUT2D eigenvalue weighted by molar-refractivity contribution is 5.30. The molecule has 1 aliphatic rings. The fourth-order valence-electron chi connectivity index (χ4n) is 2.59. The Morgan fingerprint density at radius 3 is 2.42 bits per heavy atom. The Hall–Kier alpha value is -1.20. The minimum atomic E-state index is -0.931. The number of nitrogens with one attached hydrogen (secondary N) is 1. The predicted molar refractivity (Wildman–Crippen MR) is 67.8 cm³/mol. The highest BCUT2D eigenvalue weighted by atomic mass is 19.1. The van der Waals surface area contributed by atoms with Gasteiger partial charge in [-0.2, -0.15) is 0 Å². The number of aromatic hydroxyl groups is 1. The highest BCUT2D eigenvalue weighted by Gasteiger charge is 2.48. The van der Waals surface area contributed by atoms with Crippen molar-refractivity contribution in [3.63, 3.8) is 0 Å². The lowest BCUT2D eigenvalue weighted by atomic mass is 9.64. The number of benzene rings is 1. The van der Waals surface area contributed by atoms with E-state index in [2.05, 4.69) is 19.2 Å². The number of halogens is 2. The number of phenolic OH excluding ortho intramolecular Hbond substituents is 1. The van der Waals surface area contributed by atoms with Crippen molar-refractivity contribution in [1.82, 2.24) is 5.32 Å². The van der Waals surface area contributed by atoms with Crippen molar-refractivity contribution in [2.24, 2.45) is 5.41 Å². The van der Waals surface area contributed by atoms with Crippen LogP contribution in [0.2, 0.25) is 0 Å². The van der Waals surface area contributed by atoms with Gasteiger partial charge < -0.3 is 15.2 Å². The molecule has 0 amide bonds.